The van der Waals surface area contributed by atoms with Gasteiger partial charge in [-0.2, -0.15) is 0 Å². The molecule has 0 radical (unpaired) electrons. The first-order chi connectivity index (χ1) is 9.63. The summed E-state index contributed by atoms with van der Waals surface area (Å²) in [4.78, 5) is 0. The lowest BCUT2D eigenvalue weighted by Gasteiger charge is -2.07. The summed E-state index contributed by atoms with van der Waals surface area (Å²) in [5.41, 5.74) is 2.24. The highest BCUT2D eigenvalue weighted by Gasteiger charge is 2.08. The van der Waals surface area contributed by atoms with Crippen LogP contribution in [0.2, 0.25) is 5.02 Å². The zero-order chi connectivity index (χ0) is 14.5. The van der Waals surface area contributed by atoms with E-state index in [4.69, 9.17) is 20.8 Å². The first kappa shape index (κ1) is 14.9. The van der Waals surface area contributed by atoms with Crippen LogP contribution in [-0.4, -0.2) is 7.05 Å². The fourth-order valence-electron chi connectivity index (χ4n) is 2.06. The van der Waals surface area contributed by atoms with Gasteiger partial charge >= 0.3 is 0 Å². The van der Waals surface area contributed by atoms with Crippen LogP contribution in [0.3, 0.4) is 0 Å². The van der Waals surface area contributed by atoms with E-state index in [9.17, 15) is 0 Å². The van der Waals surface area contributed by atoms with Gasteiger partial charge in [-0.25, -0.2) is 0 Å². The fraction of sp³-hybridized carbons (Fsp3) is 0.375. The molecule has 0 aliphatic rings. The standard InChI is InChI=1S/C16H20ClNO2/c1-4-12-8-13(5-6-15(12)17)19-10-14-7-11(2)16(20-14)9-18-3/h5-8,18H,4,9-10H2,1-3H3. The smallest absolute Gasteiger partial charge is 0.146 e. The van der Waals surface area contributed by atoms with E-state index in [1.165, 1.54) is 0 Å². The zero-order valence-electron chi connectivity index (χ0n) is 12.1. The molecule has 4 heteroatoms. The first-order valence-corrected chi connectivity index (χ1v) is 7.15. The van der Waals surface area contributed by atoms with Gasteiger partial charge in [-0.05, 0) is 55.8 Å². The monoisotopic (exact) mass is 293 g/mol. The van der Waals surface area contributed by atoms with Crippen LogP contribution < -0.4 is 10.1 Å². The average Bonchev–Trinajstić information content (AvgIpc) is 2.79. The Morgan fingerprint density at radius 3 is 2.80 bits per heavy atom. The van der Waals surface area contributed by atoms with Gasteiger partial charge in [0.2, 0.25) is 0 Å². The van der Waals surface area contributed by atoms with Crippen LogP contribution in [-0.2, 0) is 19.6 Å². The van der Waals surface area contributed by atoms with Crippen LogP contribution in [0.15, 0.2) is 28.7 Å². The molecule has 0 fully saturated rings. The molecule has 0 aliphatic carbocycles. The number of hydrogen-bond acceptors (Lipinski definition) is 3. The Balaban J connectivity index is 2.03. The van der Waals surface area contributed by atoms with Gasteiger partial charge in [-0.3, -0.25) is 0 Å². The highest BCUT2D eigenvalue weighted by Crippen LogP contribution is 2.24. The molecular formula is C16H20ClNO2. The van der Waals surface area contributed by atoms with Gasteiger partial charge in [0.1, 0.15) is 23.9 Å². The molecule has 2 aromatic rings. The number of rotatable bonds is 6. The summed E-state index contributed by atoms with van der Waals surface area (Å²) in [6.45, 7) is 5.27. The quantitative estimate of drug-likeness (QED) is 0.870. The van der Waals surface area contributed by atoms with Crippen LogP contribution in [0.25, 0.3) is 0 Å². The molecule has 0 unspecified atom stereocenters. The molecular weight excluding hydrogens is 274 g/mol. The Hall–Kier alpha value is -1.45. The number of benzene rings is 1. The predicted octanol–water partition coefficient (Wildman–Crippen LogP) is 4.10. The van der Waals surface area contributed by atoms with Crippen LogP contribution in [0.1, 0.15) is 29.6 Å². The highest BCUT2D eigenvalue weighted by molar-refractivity contribution is 6.31. The fourth-order valence-corrected chi connectivity index (χ4v) is 2.31. The number of ether oxygens (including phenoxy) is 1. The number of hydrogen-bond donors (Lipinski definition) is 1. The van der Waals surface area contributed by atoms with Crippen LogP contribution in [0, 0.1) is 6.92 Å². The predicted molar refractivity (Wildman–Crippen MR) is 81.4 cm³/mol. The first-order valence-electron chi connectivity index (χ1n) is 6.78. The minimum Gasteiger partial charge on any atom is -0.486 e. The van der Waals surface area contributed by atoms with E-state index >= 15 is 0 Å². The normalized spacial score (nSPS) is 10.8. The van der Waals surface area contributed by atoms with Crippen molar-refractivity contribution in [2.45, 2.75) is 33.4 Å². The van der Waals surface area contributed by atoms with Gasteiger partial charge in [0.25, 0.3) is 0 Å². The van der Waals surface area contributed by atoms with Crippen molar-refractivity contribution in [1.82, 2.24) is 5.32 Å². The molecule has 0 saturated carbocycles. The van der Waals surface area contributed by atoms with E-state index < -0.39 is 0 Å². The molecule has 1 heterocycles. The Labute approximate surface area is 124 Å². The van der Waals surface area contributed by atoms with Gasteiger partial charge in [0, 0.05) is 5.02 Å². The van der Waals surface area contributed by atoms with Crippen molar-refractivity contribution in [2.24, 2.45) is 0 Å². The molecule has 0 spiro atoms. The lowest BCUT2D eigenvalue weighted by Crippen LogP contribution is -2.04. The van der Waals surface area contributed by atoms with Crippen LogP contribution in [0.5, 0.6) is 5.75 Å². The van der Waals surface area contributed by atoms with Crippen molar-refractivity contribution >= 4 is 11.6 Å². The third-order valence-corrected chi connectivity index (χ3v) is 3.56. The van der Waals surface area contributed by atoms with E-state index in [0.29, 0.717) is 6.61 Å². The summed E-state index contributed by atoms with van der Waals surface area (Å²) in [5, 5.41) is 3.87. The van der Waals surface area contributed by atoms with Crippen molar-refractivity contribution in [2.75, 3.05) is 7.05 Å². The summed E-state index contributed by atoms with van der Waals surface area (Å²) in [5.74, 6) is 2.60. The van der Waals surface area contributed by atoms with Crippen molar-refractivity contribution in [3.05, 3.63) is 51.9 Å². The second kappa shape index (κ2) is 6.82. The Morgan fingerprint density at radius 1 is 1.30 bits per heavy atom. The lowest BCUT2D eigenvalue weighted by molar-refractivity contribution is 0.265. The van der Waals surface area contributed by atoms with Crippen LogP contribution in [0.4, 0.5) is 0 Å². The van der Waals surface area contributed by atoms with Gasteiger partial charge in [0.15, 0.2) is 0 Å². The largest absolute Gasteiger partial charge is 0.486 e. The van der Waals surface area contributed by atoms with Crippen LogP contribution >= 0.6 is 11.6 Å². The summed E-state index contributed by atoms with van der Waals surface area (Å²) >= 11 is 6.09. The van der Waals surface area contributed by atoms with Gasteiger partial charge in [0.05, 0.1) is 6.54 Å². The maximum absolute atomic E-state index is 6.09. The van der Waals surface area contributed by atoms with Gasteiger partial charge in [-0.15, -0.1) is 0 Å². The molecule has 1 N–H and O–H groups in total. The Bertz CT molecular complexity index is 578. The summed E-state index contributed by atoms with van der Waals surface area (Å²) in [7, 11) is 1.90. The molecule has 0 bridgehead atoms. The minimum absolute atomic E-state index is 0.426. The molecule has 1 aromatic heterocycles. The summed E-state index contributed by atoms with van der Waals surface area (Å²) < 4.78 is 11.5. The van der Waals surface area contributed by atoms with E-state index in [1.807, 2.05) is 38.2 Å². The molecule has 1 aromatic carbocycles. The van der Waals surface area contributed by atoms with Crippen molar-refractivity contribution < 1.29 is 9.15 Å². The molecule has 3 nitrogen and oxygen atoms in total. The summed E-state index contributed by atoms with van der Waals surface area (Å²) in [6.07, 6.45) is 0.891. The number of halogens is 1. The summed E-state index contributed by atoms with van der Waals surface area (Å²) in [6, 6.07) is 7.75. The second-order valence-electron chi connectivity index (χ2n) is 4.74. The van der Waals surface area contributed by atoms with E-state index in [0.717, 1.165) is 46.4 Å². The minimum atomic E-state index is 0.426. The third-order valence-electron chi connectivity index (χ3n) is 3.19. The number of aryl methyl sites for hydroxylation is 2. The van der Waals surface area contributed by atoms with E-state index in [-0.39, 0.29) is 0 Å². The molecule has 0 amide bonds. The SMILES string of the molecule is CCc1cc(OCc2cc(C)c(CNC)o2)ccc1Cl. The lowest BCUT2D eigenvalue weighted by atomic mass is 10.1. The maximum Gasteiger partial charge on any atom is 0.146 e. The molecule has 108 valence electrons. The van der Waals surface area contributed by atoms with Crippen molar-refractivity contribution in [3.8, 4) is 5.75 Å². The van der Waals surface area contributed by atoms with Crippen molar-refractivity contribution in [1.29, 1.82) is 0 Å². The highest BCUT2D eigenvalue weighted by atomic mass is 35.5. The molecule has 0 aliphatic heterocycles. The van der Waals surface area contributed by atoms with Gasteiger partial charge in [-0.1, -0.05) is 18.5 Å². The zero-order valence-corrected chi connectivity index (χ0v) is 12.9. The molecule has 2 rings (SSSR count). The van der Waals surface area contributed by atoms with Crippen molar-refractivity contribution in [3.63, 3.8) is 0 Å². The van der Waals surface area contributed by atoms with E-state index in [1.54, 1.807) is 0 Å². The molecule has 0 atom stereocenters. The number of nitrogens with one attached hydrogen (secondary N) is 1. The molecule has 0 saturated heterocycles. The second-order valence-corrected chi connectivity index (χ2v) is 5.15. The number of furan rings is 1. The average molecular weight is 294 g/mol. The Morgan fingerprint density at radius 2 is 2.10 bits per heavy atom. The Kier molecular flexibility index (Phi) is 5.10. The third kappa shape index (κ3) is 3.56. The van der Waals surface area contributed by atoms with Gasteiger partial charge < -0.3 is 14.5 Å². The van der Waals surface area contributed by atoms with E-state index in [2.05, 4.69) is 12.2 Å². The maximum atomic E-state index is 6.09. The topological polar surface area (TPSA) is 34.4 Å². The molecule has 20 heavy (non-hydrogen) atoms.